The van der Waals surface area contributed by atoms with Gasteiger partial charge in [-0.3, -0.25) is 0 Å². The molecule has 0 aromatic heterocycles. The van der Waals surface area contributed by atoms with Crippen LogP contribution in [-0.2, 0) is 0 Å². The Hall–Kier alpha value is -1.22. The predicted octanol–water partition coefficient (Wildman–Crippen LogP) is 3.24. The van der Waals surface area contributed by atoms with Crippen molar-refractivity contribution in [3.05, 3.63) is 23.8 Å². The SMILES string of the molecule is Cc1ccc(OC2CCCC2)c(N2CCC(N)CC2)c1. The van der Waals surface area contributed by atoms with Crippen LogP contribution in [0.4, 0.5) is 5.69 Å². The molecule has 3 rings (SSSR count). The highest BCUT2D eigenvalue weighted by Gasteiger charge is 2.22. The Morgan fingerprint density at radius 2 is 1.80 bits per heavy atom. The minimum atomic E-state index is 0.371. The molecule has 3 nitrogen and oxygen atoms in total. The maximum atomic E-state index is 6.27. The van der Waals surface area contributed by atoms with Gasteiger partial charge in [-0.25, -0.2) is 0 Å². The van der Waals surface area contributed by atoms with E-state index in [1.165, 1.54) is 36.9 Å². The largest absolute Gasteiger partial charge is 0.488 e. The van der Waals surface area contributed by atoms with Gasteiger partial charge < -0.3 is 15.4 Å². The quantitative estimate of drug-likeness (QED) is 0.919. The minimum absolute atomic E-state index is 0.371. The molecule has 0 spiro atoms. The van der Waals surface area contributed by atoms with E-state index in [-0.39, 0.29) is 0 Å². The normalized spacial score (nSPS) is 21.4. The van der Waals surface area contributed by atoms with Crippen LogP contribution in [0.5, 0.6) is 5.75 Å². The van der Waals surface area contributed by atoms with E-state index >= 15 is 0 Å². The Kier molecular flexibility index (Phi) is 4.16. The van der Waals surface area contributed by atoms with Crippen LogP contribution in [0.15, 0.2) is 18.2 Å². The summed E-state index contributed by atoms with van der Waals surface area (Å²) in [6.07, 6.45) is 7.61. The molecule has 1 heterocycles. The van der Waals surface area contributed by atoms with Crippen molar-refractivity contribution >= 4 is 5.69 Å². The molecule has 1 saturated heterocycles. The average Bonchev–Trinajstić information content (AvgIpc) is 2.95. The summed E-state index contributed by atoms with van der Waals surface area (Å²) in [4.78, 5) is 2.45. The van der Waals surface area contributed by atoms with Crippen molar-refractivity contribution < 1.29 is 4.74 Å². The number of hydrogen-bond acceptors (Lipinski definition) is 3. The van der Waals surface area contributed by atoms with E-state index in [1.54, 1.807) is 0 Å². The van der Waals surface area contributed by atoms with E-state index in [0.29, 0.717) is 12.1 Å². The predicted molar refractivity (Wildman–Crippen MR) is 83.5 cm³/mol. The summed E-state index contributed by atoms with van der Waals surface area (Å²) < 4.78 is 6.27. The first kappa shape index (κ1) is 13.7. The van der Waals surface area contributed by atoms with Crippen LogP contribution in [0.25, 0.3) is 0 Å². The van der Waals surface area contributed by atoms with Crippen molar-refractivity contribution in [1.29, 1.82) is 0 Å². The van der Waals surface area contributed by atoms with Crippen LogP contribution in [0.1, 0.15) is 44.1 Å². The van der Waals surface area contributed by atoms with Gasteiger partial charge in [0.2, 0.25) is 0 Å². The van der Waals surface area contributed by atoms with Crippen molar-refractivity contribution in [2.24, 2.45) is 5.73 Å². The van der Waals surface area contributed by atoms with E-state index in [9.17, 15) is 0 Å². The zero-order valence-electron chi connectivity index (χ0n) is 12.5. The Balaban J connectivity index is 1.78. The molecule has 0 amide bonds. The van der Waals surface area contributed by atoms with Gasteiger partial charge in [-0.2, -0.15) is 0 Å². The number of nitrogens with zero attached hydrogens (tertiary/aromatic N) is 1. The van der Waals surface area contributed by atoms with E-state index in [2.05, 4.69) is 30.0 Å². The summed E-state index contributed by atoms with van der Waals surface area (Å²) in [5.74, 6) is 1.07. The van der Waals surface area contributed by atoms with Crippen LogP contribution in [0.3, 0.4) is 0 Å². The lowest BCUT2D eigenvalue weighted by Crippen LogP contribution is -2.40. The molecule has 2 fully saturated rings. The van der Waals surface area contributed by atoms with Crippen LogP contribution in [0, 0.1) is 6.92 Å². The summed E-state index contributed by atoms with van der Waals surface area (Å²) in [6.45, 7) is 4.25. The number of aryl methyl sites for hydroxylation is 1. The Morgan fingerprint density at radius 1 is 1.10 bits per heavy atom. The number of ether oxygens (including phenoxy) is 1. The topological polar surface area (TPSA) is 38.5 Å². The lowest BCUT2D eigenvalue weighted by molar-refractivity contribution is 0.210. The van der Waals surface area contributed by atoms with Crippen LogP contribution < -0.4 is 15.4 Å². The number of rotatable bonds is 3. The molecule has 20 heavy (non-hydrogen) atoms. The van der Waals surface area contributed by atoms with Crippen molar-refractivity contribution in [3.63, 3.8) is 0 Å². The molecule has 1 aliphatic carbocycles. The van der Waals surface area contributed by atoms with E-state index < -0.39 is 0 Å². The number of nitrogens with two attached hydrogens (primary N) is 1. The molecule has 0 unspecified atom stereocenters. The highest BCUT2D eigenvalue weighted by molar-refractivity contribution is 5.60. The van der Waals surface area contributed by atoms with Crippen molar-refractivity contribution in [2.45, 2.75) is 57.6 Å². The molecule has 3 heteroatoms. The van der Waals surface area contributed by atoms with Crippen molar-refractivity contribution in [1.82, 2.24) is 0 Å². The van der Waals surface area contributed by atoms with Gasteiger partial charge in [0.05, 0.1) is 11.8 Å². The standard InChI is InChI=1S/C17H26N2O/c1-13-6-7-17(20-15-4-2-3-5-15)16(12-13)19-10-8-14(18)9-11-19/h6-7,12,14-15H,2-5,8-11,18H2,1H3. The Labute approximate surface area is 122 Å². The van der Waals surface area contributed by atoms with Gasteiger partial charge in [0.15, 0.2) is 0 Å². The smallest absolute Gasteiger partial charge is 0.143 e. The highest BCUT2D eigenvalue weighted by Crippen LogP contribution is 2.34. The third-order valence-electron chi connectivity index (χ3n) is 4.59. The number of anilines is 1. The third kappa shape index (κ3) is 3.09. The first-order chi connectivity index (χ1) is 9.72. The summed E-state index contributed by atoms with van der Waals surface area (Å²) >= 11 is 0. The molecule has 2 N–H and O–H groups in total. The lowest BCUT2D eigenvalue weighted by atomic mass is 10.0. The molecule has 110 valence electrons. The zero-order valence-corrected chi connectivity index (χ0v) is 12.5. The molecule has 1 aliphatic heterocycles. The van der Waals surface area contributed by atoms with Gasteiger partial charge in [0, 0.05) is 19.1 Å². The van der Waals surface area contributed by atoms with Crippen LogP contribution in [0.2, 0.25) is 0 Å². The maximum Gasteiger partial charge on any atom is 0.143 e. The summed E-state index contributed by atoms with van der Waals surface area (Å²) in [6, 6.07) is 6.94. The molecule has 0 radical (unpaired) electrons. The second kappa shape index (κ2) is 6.04. The summed E-state index contributed by atoms with van der Waals surface area (Å²) in [5, 5.41) is 0. The fraction of sp³-hybridized carbons (Fsp3) is 0.647. The van der Waals surface area contributed by atoms with Gasteiger partial charge in [-0.1, -0.05) is 6.07 Å². The number of piperidine rings is 1. The van der Waals surface area contributed by atoms with Crippen molar-refractivity contribution in [2.75, 3.05) is 18.0 Å². The van der Waals surface area contributed by atoms with Gasteiger partial charge in [-0.15, -0.1) is 0 Å². The van der Waals surface area contributed by atoms with Gasteiger partial charge in [0.25, 0.3) is 0 Å². The fourth-order valence-corrected chi connectivity index (χ4v) is 3.30. The molecular formula is C17H26N2O. The summed E-state index contributed by atoms with van der Waals surface area (Å²) in [5.41, 5.74) is 8.58. The molecule has 1 saturated carbocycles. The Bertz CT molecular complexity index is 446. The first-order valence-corrected chi connectivity index (χ1v) is 8.00. The first-order valence-electron chi connectivity index (χ1n) is 8.00. The Morgan fingerprint density at radius 3 is 2.50 bits per heavy atom. The van der Waals surface area contributed by atoms with Gasteiger partial charge >= 0.3 is 0 Å². The molecular weight excluding hydrogens is 248 g/mol. The van der Waals surface area contributed by atoms with Gasteiger partial charge in [-0.05, 0) is 63.1 Å². The fourth-order valence-electron chi connectivity index (χ4n) is 3.30. The summed E-state index contributed by atoms with van der Waals surface area (Å²) in [7, 11) is 0. The monoisotopic (exact) mass is 274 g/mol. The third-order valence-corrected chi connectivity index (χ3v) is 4.59. The zero-order chi connectivity index (χ0) is 13.9. The molecule has 1 aromatic carbocycles. The van der Waals surface area contributed by atoms with E-state index in [4.69, 9.17) is 10.5 Å². The molecule has 1 aromatic rings. The van der Waals surface area contributed by atoms with Crippen LogP contribution in [-0.4, -0.2) is 25.2 Å². The number of benzene rings is 1. The van der Waals surface area contributed by atoms with Crippen LogP contribution >= 0.6 is 0 Å². The highest BCUT2D eigenvalue weighted by atomic mass is 16.5. The van der Waals surface area contributed by atoms with E-state index in [0.717, 1.165) is 31.7 Å². The average molecular weight is 274 g/mol. The second-order valence-electron chi connectivity index (χ2n) is 6.32. The lowest BCUT2D eigenvalue weighted by Gasteiger charge is -2.33. The van der Waals surface area contributed by atoms with Gasteiger partial charge in [0.1, 0.15) is 5.75 Å². The maximum absolute atomic E-state index is 6.27. The molecule has 0 atom stereocenters. The second-order valence-corrected chi connectivity index (χ2v) is 6.32. The van der Waals surface area contributed by atoms with E-state index in [1.807, 2.05) is 0 Å². The molecule has 0 bridgehead atoms. The van der Waals surface area contributed by atoms with Crippen molar-refractivity contribution in [3.8, 4) is 5.75 Å². The molecule has 2 aliphatic rings. The number of hydrogen-bond donors (Lipinski definition) is 1. The minimum Gasteiger partial charge on any atom is -0.488 e.